The van der Waals surface area contributed by atoms with E-state index in [2.05, 4.69) is 4.98 Å². The van der Waals surface area contributed by atoms with Crippen LogP contribution in [-0.4, -0.2) is 22.8 Å². The molecule has 0 saturated carbocycles. The van der Waals surface area contributed by atoms with Crippen LogP contribution in [0.15, 0.2) is 51.7 Å². The van der Waals surface area contributed by atoms with Gasteiger partial charge in [-0.15, -0.1) is 0 Å². The molecule has 0 aliphatic heterocycles. The molecule has 5 heteroatoms. The van der Waals surface area contributed by atoms with E-state index < -0.39 is 0 Å². The molecular weight excluding hydrogens is 280 g/mol. The Morgan fingerprint density at radius 1 is 1.23 bits per heavy atom. The molecule has 5 nitrogen and oxygen atoms in total. The van der Waals surface area contributed by atoms with Crippen molar-refractivity contribution in [3.63, 3.8) is 0 Å². The number of fused-ring (bicyclic) bond motifs is 1. The fraction of sp³-hybridized carbons (Fsp3) is 0.176. The van der Waals surface area contributed by atoms with Crippen molar-refractivity contribution in [2.45, 2.75) is 13.5 Å². The molecule has 112 valence electrons. The highest BCUT2D eigenvalue weighted by molar-refractivity contribution is 5.96. The lowest BCUT2D eigenvalue weighted by Crippen LogP contribution is -2.28. The molecule has 2 heterocycles. The molecule has 0 aliphatic rings. The van der Waals surface area contributed by atoms with Crippen LogP contribution >= 0.6 is 0 Å². The Kier molecular flexibility index (Phi) is 3.55. The van der Waals surface area contributed by atoms with E-state index in [1.54, 1.807) is 25.2 Å². The summed E-state index contributed by atoms with van der Waals surface area (Å²) in [6.45, 7) is 2.20. The predicted molar refractivity (Wildman–Crippen MR) is 83.8 cm³/mol. The maximum Gasteiger partial charge on any atom is 0.270 e. The number of aromatic nitrogens is 1. The molecule has 0 fully saturated rings. The van der Waals surface area contributed by atoms with Crippen LogP contribution < -0.4 is 5.56 Å². The number of carbonyl (C=O) groups is 1. The number of rotatable bonds is 3. The van der Waals surface area contributed by atoms with Gasteiger partial charge < -0.3 is 14.3 Å². The fourth-order valence-electron chi connectivity index (χ4n) is 2.41. The molecule has 0 unspecified atom stereocenters. The van der Waals surface area contributed by atoms with Gasteiger partial charge in [0.25, 0.3) is 11.5 Å². The molecule has 1 N–H and O–H groups in total. The van der Waals surface area contributed by atoms with Crippen molar-refractivity contribution >= 4 is 16.7 Å². The maximum atomic E-state index is 12.5. The lowest BCUT2D eigenvalue weighted by atomic mass is 10.1. The van der Waals surface area contributed by atoms with Crippen LogP contribution in [0.5, 0.6) is 0 Å². The number of benzene rings is 1. The standard InChI is InChI=1S/C17H16N2O3/c1-11-7-8-13(22-11)10-19(2)17(21)15-9-12-5-3-4-6-14(12)16(20)18-15/h3-9H,10H2,1-2H3,(H,18,20). The van der Waals surface area contributed by atoms with Gasteiger partial charge >= 0.3 is 0 Å². The Balaban J connectivity index is 1.89. The minimum absolute atomic E-state index is 0.253. The van der Waals surface area contributed by atoms with Gasteiger partial charge in [0.2, 0.25) is 0 Å². The van der Waals surface area contributed by atoms with E-state index in [4.69, 9.17) is 4.42 Å². The normalized spacial score (nSPS) is 10.8. The summed E-state index contributed by atoms with van der Waals surface area (Å²) in [4.78, 5) is 28.7. The summed E-state index contributed by atoms with van der Waals surface area (Å²) >= 11 is 0. The second-order valence-corrected chi connectivity index (χ2v) is 5.27. The lowest BCUT2D eigenvalue weighted by molar-refractivity contribution is 0.0769. The number of H-pyrrole nitrogens is 1. The third-order valence-corrected chi connectivity index (χ3v) is 3.52. The third kappa shape index (κ3) is 2.65. The van der Waals surface area contributed by atoms with Crippen LogP contribution in [0.3, 0.4) is 0 Å². The Labute approximate surface area is 127 Å². The molecule has 0 bridgehead atoms. The molecular formula is C17H16N2O3. The summed E-state index contributed by atoms with van der Waals surface area (Å²) in [7, 11) is 1.67. The van der Waals surface area contributed by atoms with Gasteiger partial charge in [-0.2, -0.15) is 0 Å². The van der Waals surface area contributed by atoms with Crippen LogP contribution in [0.4, 0.5) is 0 Å². The third-order valence-electron chi connectivity index (χ3n) is 3.52. The number of aryl methyl sites for hydroxylation is 1. The number of hydrogen-bond donors (Lipinski definition) is 1. The largest absolute Gasteiger partial charge is 0.464 e. The predicted octanol–water partition coefficient (Wildman–Crippen LogP) is 2.70. The Morgan fingerprint density at radius 2 is 2.00 bits per heavy atom. The Morgan fingerprint density at radius 3 is 2.73 bits per heavy atom. The first kappa shape index (κ1) is 14.1. The van der Waals surface area contributed by atoms with Crippen LogP contribution in [0, 0.1) is 6.92 Å². The lowest BCUT2D eigenvalue weighted by Gasteiger charge is -2.15. The smallest absolute Gasteiger partial charge is 0.270 e. The van der Waals surface area contributed by atoms with Gasteiger partial charge in [0.05, 0.1) is 6.54 Å². The van der Waals surface area contributed by atoms with Crippen LogP contribution in [-0.2, 0) is 6.54 Å². The number of aromatic amines is 1. The highest BCUT2D eigenvalue weighted by atomic mass is 16.3. The fourth-order valence-corrected chi connectivity index (χ4v) is 2.41. The molecule has 1 aromatic carbocycles. The molecule has 0 spiro atoms. The van der Waals surface area contributed by atoms with Crippen molar-refractivity contribution in [1.29, 1.82) is 0 Å². The molecule has 22 heavy (non-hydrogen) atoms. The summed E-state index contributed by atoms with van der Waals surface area (Å²) < 4.78 is 5.47. The van der Waals surface area contributed by atoms with Crippen LogP contribution in [0.25, 0.3) is 10.8 Å². The first-order chi connectivity index (χ1) is 10.5. The second-order valence-electron chi connectivity index (χ2n) is 5.27. The molecule has 0 radical (unpaired) electrons. The molecule has 3 rings (SSSR count). The van der Waals surface area contributed by atoms with Gasteiger partial charge in [-0.1, -0.05) is 18.2 Å². The quantitative estimate of drug-likeness (QED) is 0.808. The highest BCUT2D eigenvalue weighted by Gasteiger charge is 2.15. The number of nitrogens with one attached hydrogen (secondary N) is 1. The van der Waals surface area contributed by atoms with Gasteiger partial charge in [-0.3, -0.25) is 9.59 Å². The van der Waals surface area contributed by atoms with Crippen molar-refractivity contribution in [3.05, 3.63) is 70.0 Å². The Hall–Kier alpha value is -2.82. The molecule has 0 aliphatic carbocycles. The van der Waals surface area contributed by atoms with E-state index in [0.717, 1.165) is 11.1 Å². The second kappa shape index (κ2) is 5.52. The molecule has 3 aromatic rings. The number of hydrogen-bond acceptors (Lipinski definition) is 3. The van der Waals surface area contributed by atoms with E-state index in [1.807, 2.05) is 31.2 Å². The number of carbonyl (C=O) groups excluding carboxylic acids is 1. The van der Waals surface area contributed by atoms with Gasteiger partial charge in [-0.05, 0) is 36.6 Å². The van der Waals surface area contributed by atoms with Crippen LogP contribution in [0.1, 0.15) is 22.0 Å². The zero-order chi connectivity index (χ0) is 15.7. The SMILES string of the molecule is Cc1ccc(CN(C)C(=O)c2cc3ccccc3c(=O)[nH]2)o1. The Bertz CT molecular complexity index is 892. The van der Waals surface area contributed by atoms with Crippen molar-refractivity contribution in [3.8, 4) is 0 Å². The van der Waals surface area contributed by atoms with E-state index in [-0.39, 0.29) is 17.2 Å². The summed E-state index contributed by atoms with van der Waals surface area (Å²) in [6, 6.07) is 12.6. The number of nitrogens with zero attached hydrogens (tertiary/aromatic N) is 1. The van der Waals surface area contributed by atoms with Crippen LogP contribution in [0.2, 0.25) is 0 Å². The van der Waals surface area contributed by atoms with Gasteiger partial charge in [-0.25, -0.2) is 0 Å². The highest BCUT2D eigenvalue weighted by Crippen LogP contribution is 2.13. The minimum atomic E-state index is -0.260. The summed E-state index contributed by atoms with van der Waals surface area (Å²) in [6.07, 6.45) is 0. The monoisotopic (exact) mass is 296 g/mol. The molecule has 2 aromatic heterocycles. The van der Waals surface area contributed by atoms with Gasteiger partial charge in [0.1, 0.15) is 17.2 Å². The number of furan rings is 1. The average molecular weight is 296 g/mol. The van der Waals surface area contributed by atoms with Gasteiger partial charge in [0, 0.05) is 12.4 Å². The van der Waals surface area contributed by atoms with Crippen molar-refractivity contribution in [2.75, 3.05) is 7.05 Å². The van der Waals surface area contributed by atoms with Gasteiger partial charge in [0.15, 0.2) is 0 Å². The van der Waals surface area contributed by atoms with Crippen molar-refractivity contribution < 1.29 is 9.21 Å². The molecule has 0 saturated heterocycles. The summed E-state index contributed by atoms with van der Waals surface area (Å²) in [5, 5.41) is 1.32. The van der Waals surface area contributed by atoms with E-state index in [9.17, 15) is 9.59 Å². The summed E-state index contributed by atoms with van der Waals surface area (Å²) in [5.41, 5.74) is 0.0122. The number of pyridine rings is 1. The average Bonchev–Trinajstić information content (AvgIpc) is 2.91. The molecule has 1 amide bonds. The summed E-state index contributed by atoms with van der Waals surface area (Å²) in [5.74, 6) is 1.25. The van der Waals surface area contributed by atoms with E-state index >= 15 is 0 Å². The van der Waals surface area contributed by atoms with E-state index in [0.29, 0.717) is 17.7 Å². The topological polar surface area (TPSA) is 66.3 Å². The zero-order valence-electron chi connectivity index (χ0n) is 12.4. The zero-order valence-corrected chi connectivity index (χ0v) is 12.4. The number of amides is 1. The molecule has 0 atom stereocenters. The maximum absolute atomic E-state index is 12.5. The minimum Gasteiger partial charge on any atom is -0.464 e. The first-order valence-electron chi connectivity index (χ1n) is 6.97. The van der Waals surface area contributed by atoms with Crippen molar-refractivity contribution in [2.24, 2.45) is 0 Å². The first-order valence-corrected chi connectivity index (χ1v) is 6.97. The van der Waals surface area contributed by atoms with Crippen molar-refractivity contribution in [1.82, 2.24) is 9.88 Å². The van der Waals surface area contributed by atoms with E-state index in [1.165, 1.54) is 4.90 Å².